The maximum Gasteiger partial charge on any atom is 0.416 e. The molecular formula is C14H17F4N. The fourth-order valence-electron chi connectivity index (χ4n) is 2.45. The van der Waals surface area contributed by atoms with E-state index in [-0.39, 0.29) is 12.3 Å². The second-order valence-electron chi connectivity index (χ2n) is 5.02. The summed E-state index contributed by atoms with van der Waals surface area (Å²) in [5, 5.41) is 3.12. The summed E-state index contributed by atoms with van der Waals surface area (Å²) in [5.41, 5.74) is -0.299. The van der Waals surface area contributed by atoms with Gasteiger partial charge in [0.05, 0.1) is 5.56 Å². The van der Waals surface area contributed by atoms with Crippen LogP contribution in [0, 0.1) is 5.92 Å². The lowest BCUT2D eigenvalue weighted by atomic mass is 9.90. The van der Waals surface area contributed by atoms with Crippen molar-refractivity contribution in [3.63, 3.8) is 0 Å². The first kappa shape index (κ1) is 14.3. The van der Waals surface area contributed by atoms with Crippen molar-refractivity contribution in [2.75, 3.05) is 13.1 Å². The van der Waals surface area contributed by atoms with E-state index in [9.17, 15) is 17.6 Å². The predicted octanol–water partition coefficient (Wildman–Crippen LogP) is 3.59. The average Bonchev–Trinajstić information content (AvgIpc) is 2.39. The van der Waals surface area contributed by atoms with Crippen molar-refractivity contribution >= 4 is 0 Å². The van der Waals surface area contributed by atoms with Gasteiger partial charge in [0.25, 0.3) is 0 Å². The molecule has 2 atom stereocenters. The maximum atomic E-state index is 14.1. The summed E-state index contributed by atoms with van der Waals surface area (Å²) in [6.45, 7) is 1.51. The van der Waals surface area contributed by atoms with Gasteiger partial charge in [-0.25, -0.2) is 4.39 Å². The number of benzene rings is 1. The second-order valence-corrected chi connectivity index (χ2v) is 5.02. The van der Waals surface area contributed by atoms with Gasteiger partial charge in [0.15, 0.2) is 0 Å². The summed E-state index contributed by atoms with van der Waals surface area (Å²) in [4.78, 5) is 0. The highest BCUT2D eigenvalue weighted by atomic mass is 19.4. The predicted molar refractivity (Wildman–Crippen MR) is 65.6 cm³/mol. The summed E-state index contributed by atoms with van der Waals surface area (Å²) < 4.78 is 51.7. The highest BCUT2D eigenvalue weighted by molar-refractivity contribution is 5.26. The molecule has 0 aromatic heterocycles. The lowest BCUT2D eigenvalue weighted by molar-refractivity contribution is -0.137. The first-order valence-corrected chi connectivity index (χ1v) is 6.48. The minimum Gasteiger partial charge on any atom is -0.316 e. The molecule has 1 aliphatic heterocycles. The van der Waals surface area contributed by atoms with Crippen LogP contribution in [0.1, 0.15) is 24.0 Å². The molecule has 0 amide bonds. The van der Waals surface area contributed by atoms with Gasteiger partial charge in [-0.2, -0.15) is 13.2 Å². The molecule has 106 valence electrons. The Balaban J connectivity index is 2.02. The van der Waals surface area contributed by atoms with E-state index < -0.39 is 17.9 Å². The first-order valence-electron chi connectivity index (χ1n) is 6.48. The Bertz CT molecular complexity index is 410. The van der Waals surface area contributed by atoms with E-state index in [1.165, 1.54) is 6.07 Å². The number of halogens is 4. The smallest absolute Gasteiger partial charge is 0.316 e. The van der Waals surface area contributed by atoms with E-state index in [2.05, 4.69) is 5.32 Å². The minimum absolute atomic E-state index is 0.0519. The molecule has 1 aromatic carbocycles. The zero-order valence-electron chi connectivity index (χ0n) is 10.5. The van der Waals surface area contributed by atoms with Gasteiger partial charge in [0, 0.05) is 18.9 Å². The van der Waals surface area contributed by atoms with Crippen molar-refractivity contribution in [3.8, 4) is 0 Å². The van der Waals surface area contributed by atoms with Crippen LogP contribution in [0.5, 0.6) is 0 Å². The van der Waals surface area contributed by atoms with E-state index in [4.69, 9.17) is 0 Å². The van der Waals surface area contributed by atoms with Gasteiger partial charge in [0.2, 0.25) is 0 Å². The molecule has 0 saturated carbocycles. The molecule has 1 fully saturated rings. The molecule has 0 bridgehead atoms. The lowest BCUT2D eigenvalue weighted by Crippen LogP contribution is -2.35. The van der Waals surface area contributed by atoms with Crippen molar-refractivity contribution in [1.29, 1.82) is 0 Å². The zero-order valence-corrected chi connectivity index (χ0v) is 10.5. The van der Waals surface area contributed by atoms with Gasteiger partial charge in [0.1, 0.15) is 6.17 Å². The Morgan fingerprint density at radius 1 is 1.32 bits per heavy atom. The van der Waals surface area contributed by atoms with Crippen molar-refractivity contribution in [3.05, 3.63) is 35.4 Å². The molecule has 1 nitrogen and oxygen atoms in total. The van der Waals surface area contributed by atoms with Gasteiger partial charge in [-0.3, -0.25) is 0 Å². The van der Waals surface area contributed by atoms with Crippen LogP contribution >= 0.6 is 0 Å². The number of alkyl halides is 4. The molecule has 1 saturated heterocycles. The van der Waals surface area contributed by atoms with E-state index in [0.717, 1.165) is 31.5 Å². The monoisotopic (exact) mass is 275 g/mol. The van der Waals surface area contributed by atoms with Crippen LogP contribution < -0.4 is 5.32 Å². The fourth-order valence-corrected chi connectivity index (χ4v) is 2.45. The third kappa shape index (κ3) is 3.93. The Morgan fingerprint density at radius 3 is 2.74 bits per heavy atom. The van der Waals surface area contributed by atoms with Crippen molar-refractivity contribution < 1.29 is 17.6 Å². The zero-order chi connectivity index (χ0) is 13.9. The van der Waals surface area contributed by atoms with Crippen LogP contribution in [-0.2, 0) is 12.6 Å². The standard InChI is InChI=1S/C14H17F4N/c15-13(11-4-2-6-19-9-11)8-10-3-1-5-12(7-10)14(16,17)18/h1,3,5,7,11,13,19H,2,4,6,8-9H2. The largest absolute Gasteiger partial charge is 0.416 e. The molecular weight excluding hydrogens is 258 g/mol. The van der Waals surface area contributed by atoms with Gasteiger partial charge >= 0.3 is 6.18 Å². The minimum atomic E-state index is -4.37. The van der Waals surface area contributed by atoms with Crippen molar-refractivity contribution in [2.45, 2.75) is 31.6 Å². The Hall–Kier alpha value is -1.10. The molecule has 0 spiro atoms. The molecule has 19 heavy (non-hydrogen) atoms. The number of rotatable bonds is 3. The topological polar surface area (TPSA) is 12.0 Å². The van der Waals surface area contributed by atoms with E-state index >= 15 is 0 Å². The molecule has 0 aliphatic carbocycles. The van der Waals surface area contributed by atoms with E-state index in [1.807, 2.05) is 0 Å². The molecule has 1 aliphatic rings. The van der Waals surface area contributed by atoms with Crippen LogP contribution in [0.3, 0.4) is 0 Å². The normalized spacial score (nSPS) is 22.2. The van der Waals surface area contributed by atoms with Gasteiger partial charge in [-0.1, -0.05) is 18.2 Å². The van der Waals surface area contributed by atoms with Crippen molar-refractivity contribution in [2.24, 2.45) is 5.92 Å². The quantitative estimate of drug-likeness (QED) is 0.831. The highest BCUT2D eigenvalue weighted by Gasteiger charge is 2.31. The van der Waals surface area contributed by atoms with Gasteiger partial charge in [-0.05, 0) is 31.0 Å². The molecule has 1 aromatic rings. The highest BCUT2D eigenvalue weighted by Crippen LogP contribution is 2.30. The van der Waals surface area contributed by atoms with Gasteiger partial charge in [-0.15, -0.1) is 0 Å². The summed E-state index contributed by atoms with van der Waals surface area (Å²) in [6.07, 6.45) is -3.68. The lowest BCUT2D eigenvalue weighted by Gasteiger charge is -2.26. The molecule has 5 heteroatoms. The average molecular weight is 275 g/mol. The number of hydrogen-bond acceptors (Lipinski definition) is 1. The third-order valence-electron chi connectivity index (χ3n) is 3.53. The fraction of sp³-hybridized carbons (Fsp3) is 0.571. The molecule has 0 radical (unpaired) electrons. The van der Waals surface area contributed by atoms with Crippen LogP contribution in [0.25, 0.3) is 0 Å². The van der Waals surface area contributed by atoms with Gasteiger partial charge < -0.3 is 5.32 Å². The van der Waals surface area contributed by atoms with Crippen LogP contribution in [-0.4, -0.2) is 19.3 Å². The van der Waals surface area contributed by atoms with Crippen molar-refractivity contribution in [1.82, 2.24) is 5.32 Å². The Kier molecular flexibility index (Phi) is 4.45. The maximum absolute atomic E-state index is 14.1. The number of piperidine rings is 1. The SMILES string of the molecule is FC(Cc1cccc(C(F)(F)F)c1)C1CCCNC1. The van der Waals surface area contributed by atoms with Crippen LogP contribution in [0.2, 0.25) is 0 Å². The third-order valence-corrected chi connectivity index (χ3v) is 3.53. The molecule has 1 N–H and O–H groups in total. The Labute approximate surface area is 110 Å². The van der Waals surface area contributed by atoms with Crippen LogP contribution in [0.15, 0.2) is 24.3 Å². The summed E-state index contributed by atoms with van der Waals surface area (Å²) in [5.74, 6) is -0.0942. The van der Waals surface area contributed by atoms with Crippen LogP contribution in [0.4, 0.5) is 17.6 Å². The summed E-state index contributed by atoms with van der Waals surface area (Å²) in [6, 6.07) is 4.95. The second kappa shape index (κ2) is 5.90. The molecule has 1 heterocycles. The molecule has 2 rings (SSSR count). The number of nitrogens with one attached hydrogen (secondary N) is 1. The Morgan fingerprint density at radius 2 is 2.11 bits per heavy atom. The summed E-state index contributed by atoms with van der Waals surface area (Å²) >= 11 is 0. The first-order chi connectivity index (χ1) is 8.97. The van der Waals surface area contributed by atoms with E-state index in [0.29, 0.717) is 12.1 Å². The van der Waals surface area contributed by atoms with E-state index in [1.54, 1.807) is 6.07 Å². The number of hydrogen-bond donors (Lipinski definition) is 1. The molecule has 2 unspecified atom stereocenters. The summed E-state index contributed by atoms with van der Waals surface area (Å²) in [7, 11) is 0.